The molecule has 0 aliphatic carbocycles. The van der Waals surface area contributed by atoms with E-state index in [1.807, 2.05) is 24.3 Å². The van der Waals surface area contributed by atoms with E-state index < -0.39 is 0 Å². The molecule has 0 fully saturated rings. The molecule has 4 nitrogen and oxygen atoms in total. The zero-order chi connectivity index (χ0) is 16.8. The van der Waals surface area contributed by atoms with E-state index >= 15 is 0 Å². The number of thioether (sulfide) groups is 1. The van der Waals surface area contributed by atoms with Crippen molar-refractivity contribution in [2.75, 3.05) is 12.9 Å². The molecule has 1 amide bonds. The molecule has 1 atom stereocenters. The lowest BCUT2D eigenvalue weighted by Gasteiger charge is -2.26. The Labute approximate surface area is 141 Å². The summed E-state index contributed by atoms with van der Waals surface area (Å²) in [6.45, 7) is 4.33. The molecule has 1 aliphatic heterocycles. The van der Waals surface area contributed by atoms with E-state index in [-0.39, 0.29) is 18.2 Å². The van der Waals surface area contributed by atoms with E-state index in [0.29, 0.717) is 22.3 Å². The van der Waals surface area contributed by atoms with Crippen LogP contribution in [0.1, 0.15) is 38.2 Å². The van der Waals surface area contributed by atoms with Crippen molar-refractivity contribution in [1.29, 1.82) is 5.26 Å². The van der Waals surface area contributed by atoms with Gasteiger partial charge in [0.25, 0.3) is 0 Å². The van der Waals surface area contributed by atoms with Gasteiger partial charge in [-0.3, -0.25) is 4.79 Å². The number of hydrogen-bond acceptors (Lipinski definition) is 4. The zero-order valence-electron chi connectivity index (χ0n) is 13.8. The summed E-state index contributed by atoms with van der Waals surface area (Å²) in [6.07, 6.45) is 1.32. The number of nitrogens with one attached hydrogen (secondary N) is 1. The van der Waals surface area contributed by atoms with E-state index in [1.165, 1.54) is 0 Å². The quantitative estimate of drug-likeness (QED) is 0.861. The minimum atomic E-state index is -0.244. The summed E-state index contributed by atoms with van der Waals surface area (Å²) in [4.78, 5) is 12.1. The van der Waals surface area contributed by atoms with Crippen LogP contribution in [0.4, 0.5) is 0 Å². The van der Waals surface area contributed by atoms with Gasteiger partial charge in [-0.25, -0.2) is 0 Å². The fourth-order valence-corrected chi connectivity index (χ4v) is 3.87. The lowest BCUT2D eigenvalue weighted by Crippen LogP contribution is -2.31. The van der Waals surface area contributed by atoms with Crippen molar-refractivity contribution >= 4 is 17.7 Å². The van der Waals surface area contributed by atoms with Gasteiger partial charge in [-0.1, -0.05) is 32.0 Å². The average Bonchev–Trinajstić information content (AvgIpc) is 2.54. The first-order valence-electron chi connectivity index (χ1n) is 7.76. The van der Waals surface area contributed by atoms with Gasteiger partial charge < -0.3 is 10.1 Å². The highest BCUT2D eigenvalue weighted by Gasteiger charge is 2.31. The van der Waals surface area contributed by atoms with Gasteiger partial charge in [0.05, 0.1) is 23.8 Å². The van der Waals surface area contributed by atoms with Crippen LogP contribution < -0.4 is 10.1 Å². The molecule has 0 radical (unpaired) electrons. The van der Waals surface area contributed by atoms with Crippen LogP contribution in [0.25, 0.3) is 0 Å². The number of ether oxygens (including phenoxy) is 1. The molecular weight excluding hydrogens is 308 g/mol. The number of benzene rings is 1. The van der Waals surface area contributed by atoms with Crippen LogP contribution in [0.15, 0.2) is 34.9 Å². The van der Waals surface area contributed by atoms with Crippen molar-refractivity contribution in [2.45, 2.75) is 32.6 Å². The number of hydrogen-bond donors (Lipinski definition) is 1. The molecule has 1 aromatic rings. The van der Waals surface area contributed by atoms with Gasteiger partial charge in [0.15, 0.2) is 0 Å². The molecule has 0 bridgehead atoms. The second-order valence-corrected chi connectivity index (χ2v) is 7.04. The number of amides is 1. The standard InChI is InChI=1S/C18H22N2O2S/c1-12(2)8-9-23-18-15(11-19)14(10-17(21)20-18)13-6-4-5-7-16(13)22-3/h4-7,12,14H,8-10H2,1-3H3,(H,20,21)/t14-/m0/s1. The Morgan fingerprint density at radius 2 is 2.17 bits per heavy atom. The molecule has 0 aromatic heterocycles. The molecule has 0 saturated heterocycles. The summed E-state index contributed by atoms with van der Waals surface area (Å²) in [5.41, 5.74) is 1.52. The van der Waals surface area contributed by atoms with Gasteiger partial charge in [0.1, 0.15) is 5.75 Å². The summed E-state index contributed by atoms with van der Waals surface area (Å²) < 4.78 is 5.40. The van der Waals surface area contributed by atoms with E-state index in [1.54, 1.807) is 18.9 Å². The Balaban J connectivity index is 2.34. The first-order chi connectivity index (χ1) is 11.1. The van der Waals surface area contributed by atoms with E-state index in [4.69, 9.17) is 4.74 Å². The third kappa shape index (κ3) is 4.29. The lowest BCUT2D eigenvalue weighted by atomic mass is 9.86. The molecule has 5 heteroatoms. The Morgan fingerprint density at radius 3 is 2.83 bits per heavy atom. The van der Waals surface area contributed by atoms with Gasteiger partial charge >= 0.3 is 0 Å². The van der Waals surface area contributed by atoms with E-state index in [2.05, 4.69) is 25.2 Å². The first kappa shape index (κ1) is 17.4. The highest BCUT2D eigenvalue weighted by atomic mass is 32.2. The Hall–Kier alpha value is -1.93. The monoisotopic (exact) mass is 330 g/mol. The highest BCUT2D eigenvalue weighted by Crippen LogP contribution is 2.39. The molecule has 1 aromatic carbocycles. The molecular formula is C18H22N2O2S. The lowest BCUT2D eigenvalue weighted by molar-refractivity contribution is -0.120. The van der Waals surface area contributed by atoms with Crippen LogP contribution >= 0.6 is 11.8 Å². The zero-order valence-corrected chi connectivity index (χ0v) is 14.6. The molecule has 122 valence electrons. The molecule has 1 aliphatic rings. The van der Waals surface area contributed by atoms with E-state index in [0.717, 1.165) is 17.7 Å². The summed E-state index contributed by atoms with van der Waals surface area (Å²) in [5.74, 6) is 1.90. The Bertz CT molecular complexity index is 647. The topological polar surface area (TPSA) is 62.1 Å². The predicted molar refractivity (Wildman–Crippen MR) is 93.0 cm³/mol. The fraction of sp³-hybridized carbons (Fsp3) is 0.444. The first-order valence-corrected chi connectivity index (χ1v) is 8.75. The smallest absolute Gasteiger partial charge is 0.225 e. The summed E-state index contributed by atoms with van der Waals surface area (Å²) in [6, 6.07) is 9.89. The number of para-hydroxylation sites is 1. The third-order valence-electron chi connectivity index (χ3n) is 3.81. The summed E-state index contributed by atoms with van der Waals surface area (Å²) >= 11 is 1.56. The van der Waals surface area contributed by atoms with Crippen LogP contribution in [-0.2, 0) is 4.79 Å². The number of carbonyl (C=O) groups excluding carboxylic acids is 1. The second-order valence-electron chi connectivity index (χ2n) is 5.93. The van der Waals surface area contributed by atoms with Crippen molar-refractivity contribution < 1.29 is 9.53 Å². The molecule has 1 heterocycles. The number of methoxy groups -OCH3 is 1. The number of allylic oxidation sites excluding steroid dienone is 1. The van der Waals surface area contributed by atoms with Crippen molar-refractivity contribution in [3.8, 4) is 11.8 Å². The molecule has 0 unspecified atom stereocenters. The van der Waals surface area contributed by atoms with Crippen molar-refractivity contribution in [3.05, 3.63) is 40.4 Å². The van der Waals surface area contributed by atoms with Crippen LogP contribution in [0.2, 0.25) is 0 Å². The second kappa shape index (κ2) is 8.07. The minimum absolute atomic E-state index is 0.0491. The molecule has 2 rings (SSSR count). The van der Waals surface area contributed by atoms with Gasteiger partial charge in [-0.2, -0.15) is 5.26 Å². The average molecular weight is 330 g/mol. The van der Waals surface area contributed by atoms with Gasteiger partial charge in [-0.15, -0.1) is 11.8 Å². The SMILES string of the molecule is COc1ccccc1[C@@H]1CC(=O)NC(SCCC(C)C)=C1C#N. The highest BCUT2D eigenvalue weighted by molar-refractivity contribution is 8.03. The van der Waals surface area contributed by atoms with Crippen LogP contribution in [0, 0.1) is 17.2 Å². The molecule has 23 heavy (non-hydrogen) atoms. The van der Waals surface area contributed by atoms with Gasteiger partial charge in [0, 0.05) is 17.9 Å². The van der Waals surface area contributed by atoms with Gasteiger partial charge in [0.2, 0.25) is 5.91 Å². The Kier molecular flexibility index (Phi) is 6.12. The van der Waals surface area contributed by atoms with Crippen LogP contribution in [0.5, 0.6) is 5.75 Å². The Morgan fingerprint density at radius 1 is 1.43 bits per heavy atom. The number of nitrogens with zero attached hydrogens (tertiary/aromatic N) is 1. The summed E-state index contributed by atoms with van der Waals surface area (Å²) in [5, 5.41) is 13.2. The largest absolute Gasteiger partial charge is 0.496 e. The van der Waals surface area contributed by atoms with Crippen LogP contribution in [0.3, 0.4) is 0 Å². The number of nitriles is 1. The molecule has 0 spiro atoms. The van der Waals surface area contributed by atoms with Crippen molar-refractivity contribution in [3.63, 3.8) is 0 Å². The maximum atomic E-state index is 12.1. The molecule has 0 saturated carbocycles. The van der Waals surface area contributed by atoms with Gasteiger partial charge in [-0.05, 0) is 24.2 Å². The minimum Gasteiger partial charge on any atom is -0.496 e. The predicted octanol–water partition coefficient (Wildman–Crippen LogP) is 3.81. The maximum Gasteiger partial charge on any atom is 0.225 e. The summed E-state index contributed by atoms with van der Waals surface area (Å²) in [7, 11) is 1.61. The molecule has 1 N–H and O–H groups in total. The third-order valence-corrected chi connectivity index (χ3v) is 4.86. The number of carbonyl (C=O) groups is 1. The van der Waals surface area contributed by atoms with Crippen LogP contribution in [-0.4, -0.2) is 18.8 Å². The van der Waals surface area contributed by atoms with E-state index in [9.17, 15) is 10.1 Å². The van der Waals surface area contributed by atoms with Crippen molar-refractivity contribution in [2.24, 2.45) is 5.92 Å². The maximum absolute atomic E-state index is 12.1. The van der Waals surface area contributed by atoms with Crippen molar-refractivity contribution in [1.82, 2.24) is 5.32 Å². The normalized spacial score (nSPS) is 17.9. The number of rotatable bonds is 6. The fourth-order valence-electron chi connectivity index (χ4n) is 2.55.